The molecule has 1 saturated heterocycles. The van der Waals surface area contributed by atoms with Crippen molar-refractivity contribution in [1.29, 1.82) is 0 Å². The molecule has 0 spiro atoms. The van der Waals surface area contributed by atoms with Crippen LogP contribution in [0.25, 0.3) is 0 Å². The Balaban J connectivity index is 2.82. The van der Waals surface area contributed by atoms with Crippen LogP contribution in [-0.4, -0.2) is 45.1 Å². The summed E-state index contributed by atoms with van der Waals surface area (Å²) < 4.78 is 11.4. The van der Waals surface area contributed by atoms with Crippen molar-refractivity contribution in [3.8, 4) is 0 Å². The molecule has 0 aromatic rings. The summed E-state index contributed by atoms with van der Waals surface area (Å²) in [6.07, 6.45) is -1.06. The summed E-state index contributed by atoms with van der Waals surface area (Å²) in [6, 6.07) is 0. The fourth-order valence-corrected chi connectivity index (χ4v) is 4.75. The number of hydrogen-bond donors (Lipinski definition) is 2. The Morgan fingerprint density at radius 3 is 2.36 bits per heavy atom. The number of piperidine rings is 1. The van der Waals surface area contributed by atoms with Gasteiger partial charge in [-0.25, -0.2) is 4.79 Å². The molecule has 1 rings (SSSR count). The molecular weight excluding hydrogens is 300 g/mol. The van der Waals surface area contributed by atoms with E-state index in [9.17, 15) is 9.59 Å². The van der Waals surface area contributed by atoms with E-state index < -0.39 is 20.5 Å². The lowest BCUT2D eigenvalue weighted by Crippen LogP contribution is -2.58. The number of carbonyl (C=O) groups excluding carboxylic acids is 2. The summed E-state index contributed by atoms with van der Waals surface area (Å²) in [5.74, 6) is 0.146. The van der Waals surface area contributed by atoms with Crippen molar-refractivity contribution in [1.82, 2.24) is 5.32 Å². The fourth-order valence-electron chi connectivity index (χ4n) is 2.60. The van der Waals surface area contributed by atoms with Crippen molar-refractivity contribution >= 4 is 19.8 Å². The largest absolute Gasteiger partial charge is 0.442 e. The Morgan fingerprint density at radius 1 is 1.27 bits per heavy atom. The molecule has 0 aromatic carbocycles. The van der Waals surface area contributed by atoms with Gasteiger partial charge in [-0.3, -0.25) is 0 Å². The second-order valence-corrected chi connectivity index (χ2v) is 11.7. The van der Waals surface area contributed by atoms with E-state index in [2.05, 4.69) is 5.32 Å². The number of amides is 1. The highest BCUT2D eigenvalue weighted by atomic mass is 28.4. The Bertz CT molecular complexity index is 420. The van der Waals surface area contributed by atoms with E-state index in [1.54, 1.807) is 0 Å². The van der Waals surface area contributed by atoms with Crippen LogP contribution in [0.15, 0.2) is 0 Å². The molecule has 0 saturated carbocycles. The summed E-state index contributed by atoms with van der Waals surface area (Å²) in [6.45, 7) is 13.2. The third kappa shape index (κ3) is 5.70. The predicted octanol–water partition coefficient (Wildman–Crippen LogP) is 1.82. The zero-order valence-corrected chi connectivity index (χ0v) is 15.6. The average Bonchev–Trinajstić information content (AvgIpc) is 2.30. The standard InChI is InChI=1S/C15H30N2O4Si/c1-10-8-17-9-11(20-14(16)19)13(10)21-22(5,6)12(18)7-15(2,3)4/h10-11,13,17H,7-9H2,1-6H3,(H2,16,19)/t10-,11+,13+/m0/s1. The maximum absolute atomic E-state index is 12.6. The van der Waals surface area contributed by atoms with Gasteiger partial charge in [-0.15, -0.1) is 0 Å². The molecule has 6 nitrogen and oxygen atoms in total. The van der Waals surface area contributed by atoms with Crippen LogP contribution in [0.5, 0.6) is 0 Å². The third-order valence-electron chi connectivity index (χ3n) is 3.80. The third-order valence-corrected chi connectivity index (χ3v) is 6.18. The Kier molecular flexibility index (Phi) is 6.17. The minimum Gasteiger partial charge on any atom is -0.442 e. The lowest BCUT2D eigenvalue weighted by atomic mass is 9.93. The lowest BCUT2D eigenvalue weighted by Gasteiger charge is -2.40. The van der Waals surface area contributed by atoms with Gasteiger partial charge in [-0.2, -0.15) is 0 Å². The first-order valence-electron chi connectivity index (χ1n) is 7.80. The number of nitrogens with two attached hydrogens (primary N) is 1. The molecular formula is C15H30N2O4Si. The summed E-state index contributed by atoms with van der Waals surface area (Å²) in [5.41, 5.74) is 5.08. The minimum absolute atomic E-state index is 0.0619. The van der Waals surface area contributed by atoms with Crippen molar-refractivity contribution in [2.45, 2.75) is 59.4 Å². The van der Waals surface area contributed by atoms with E-state index >= 15 is 0 Å². The Hall–Kier alpha value is -0.923. The lowest BCUT2D eigenvalue weighted by molar-refractivity contribution is -0.116. The molecule has 0 bridgehead atoms. The zero-order valence-electron chi connectivity index (χ0n) is 14.6. The van der Waals surface area contributed by atoms with Gasteiger partial charge >= 0.3 is 6.09 Å². The molecule has 22 heavy (non-hydrogen) atoms. The molecule has 1 amide bonds. The number of hydrogen-bond acceptors (Lipinski definition) is 5. The number of rotatable bonds is 5. The maximum atomic E-state index is 12.6. The van der Waals surface area contributed by atoms with E-state index in [4.69, 9.17) is 14.9 Å². The van der Waals surface area contributed by atoms with Crippen molar-refractivity contribution in [3.05, 3.63) is 0 Å². The Morgan fingerprint density at radius 2 is 1.86 bits per heavy atom. The van der Waals surface area contributed by atoms with Crippen LogP contribution in [0.2, 0.25) is 13.1 Å². The average molecular weight is 331 g/mol. The monoisotopic (exact) mass is 330 g/mol. The highest BCUT2D eigenvalue weighted by molar-refractivity contribution is 6.99. The molecule has 0 aliphatic carbocycles. The number of nitrogens with one attached hydrogen (secondary N) is 1. The van der Waals surface area contributed by atoms with Crippen LogP contribution in [0, 0.1) is 11.3 Å². The van der Waals surface area contributed by atoms with Crippen LogP contribution in [-0.2, 0) is 14.0 Å². The zero-order chi connectivity index (χ0) is 17.1. The van der Waals surface area contributed by atoms with Gasteiger partial charge < -0.3 is 25.0 Å². The van der Waals surface area contributed by atoms with Crippen molar-refractivity contribution in [2.75, 3.05) is 13.1 Å². The van der Waals surface area contributed by atoms with Gasteiger partial charge in [0.2, 0.25) is 0 Å². The van der Waals surface area contributed by atoms with E-state index in [-0.39, 0.29) is 22.8 Å². The van der Waals surface area contributed by atoms with Crippen molar-refractivity contribution < 1.29 is 18.8 Å². The molecule has 1 aliphatic rings. The molecule has 0 aromatic heterocycles. The van der Waals surface area contributed by atoms with Crippen molar-refractivity contribution in [2.24, 2.45) is 17.1 Å². The molecule has 3 atom stereocenters. The Labute approximate surface area is 134 Å². The van der Waals surface area contributed by atoms with Gasteiger partial charge in [0.15, 0.2) is 0 Å². The van der Waals surface area contributed by atoms with Gasteiger partial charge in [-0.1, -0.05) is 27.7 Å². The number of carbonyl (C=O) groups is 2. The van der Waals surface area contributed by atoms with Gasteiger partial charge in [0.25, 0.3) is 8.32 Å². The predicted molar refractivity (Wildman–Crippen MR) is 87.9 cm³/mol. The highest BCUT2D eigenvalue weighted by Gasteiger charge is 2.42. The molecule has 7 heteroatoms. The summed E-state index contributed by atoms with van der Waals surface area (Å²) in [4.78, 5) is 23.6. The summed E-state index contributed by atoms with van der Waals surface area (Å²) in [7, 11) is -2.54. The molecule has 1 heterocycles. The van der Waals surface area contributed by atoms with Crippen molar-refractivity contribution in [3.63, 3.8) is 0 Å². The van der Waals surface area contributed by atoms with Gasteiger partial charge in [0, 0.05) is 19.5 Å². The van der Waals surface area contributed by atoms with Gasteiger partial charge in [0.1, 0.15) is 11.5 Å². The van der Waals surface area contributed by atoms with Crippen LogP contribution < -0.4 is 11.1 Å². The first-order chi connectivity index (χ1) is 9.92. The second-order valence-electron chi connectivity index (χ2n) is 7.86. The molecule has 0 unspecified atom stereocenters. The highest BCUT2D eigenvalue weighted by Crippen LogP contribution is 2.27. The molecule has 0 radical (unpaired) electrons. The summed E-state index contributed by atoms with van der Waals surface area (Å²) >= 11 is 0. The normalized spacial score (nSPS) is 26.5. The SMILES string of the molecule is C[C@H]1CNC[C@@H](OC(N)=O)[C@@H]1O[Si](C)(C)C(=O)CC(C)(C)C. The quantitative estimate of drug-likeness (QED) is 0.750. The molecule has 3 N–H and O–H groups in total. The van der Waals surface area contributed by atoms with E-state index in [1.165, 1.54) is 0 Å². The van der Waals surface area contributed by atoms with Crippen LogP contribution in [0.3, 0.4) is 0 Å². The maximum Gasteiger partial charge on any atom is 0.404 e. The van der Waals surface area contributed by atoms with Gasteiger partial charge in [0.05, 0.1) is 6.10 Å². The topological polar surface area (TPSA) is 90.7 Å². The van der Waals surface area contributed by atoms with E-state index in [0.29, 0.717) is 13.0 Å². The summed E-state index contributed by atoms with van der Waals surface area (Å²) in [5, 5.41) is 3.37. The molecule has 1 aliphatic heterocycles. The smallest absolute Gasteiger partial charge is 0.404 e. The van der Waals surface area contributed by atoms with E-state index in [1.807, 2.05) is 40.8 Å². The molecule has 128 valence electrons. The van der Waals surface area contributed by atoms with Crippen LogP contribution in [0.4, 0.5) is 4.79 Å². The van der Waals surface area contributed by atoms with Crippen LogP contribution >= 0.6 is 0 Å². The fraction of sp³-hybridized carbons (Fsp3) is 0.867. The van der Waals surface area contributed by atoms with E-state index in [0.717, 1.165) is 6.54 Å². The number of ether oxygens (including phenoxy) is 1. The minimum atomic E-state index is -2.54. The number of primary amides is 1. The first kappa shape index (κ1) is 19.1. The molecule has 1 fully saturated rings. The second kappa shape index (κ2) is 7.10. The van der Waals surface area contributed by atoms with Gasteiger partial charge in [-0.05, 0) is 24.4 Å². The first-order valence-corrected chi connectivity index (χ1v) is 10.7. The van der Waals surface area contributed by atoms with Crippen LogP contribution in [0.1, 0.15) is 34.1 Å².